The molecule has 0 aromatic heterocycles. The lowest BCUT2D eigenvalue weighted by Gasteiger charge is -2.18. The van der Waals surface area contributed by atoms with Gasteiger partial charge in [0.05, 0.1) is 16.1 Å². The Morgan fingerprint density at radius 2 is 2.00 bits per heavy atom. The van der Waals surface area contributed by atoms with E-state index in [0.29, 0.717) is 17.6 Å². The second kappa shape index (κ2) is 7.15. The van der Waals surface area contributed by atoms with E-state index in [9.17, 15) is 8.42 Å². The summed E-state index contributed by atoms with van der Waals surface area (Å²) < 4.78 is 33.6. The minimum Gasteiger partial charge on any atom is -0.378 e. The van der Waals surface area contributed by atoms with E-state index in [1.165, 1.54) is 12.1 Å². The summed E-state index contributed by atoms with van der Waals surface area (Å²) in [7, 11) is -3.75. The van der Waals surface area contributed by atoms with Crippen LogP contribution in [0.4, 0.5) is 0 Å². The van der Waals surface area contributed by atoms with Crippen molar-refractivity contribution < 1.29 is 13.2 Å². The van der Waals surface area contributed by atoms with Gasteiger partial charge in [-0.3, -0.25) is 0 Å². The molecule has 0 amide bonds. The van der Waals surface area contributed by atoms with Crippen LogP contribution in [-0.4, -0.2) is 27.7 Å². The molecule has 1 aliphatic rings. The van der Waals surface area contributed by atoms with Gasteiger partial charge >= 0.3 is 0 Å². The average molecular weight is 417 g/mol. The molecule has 0 bridgehead atoms. The molecule has 1 heterocycles. The maximum absolute atomic E-state index is 12.4. The number of hydrogen-bond donors (Lipinski definition) is 1. The Bertz CT molecular complexity index is 601. The number of nitrogens with one attached hydrogen (secondary N) is 1. The molecule has 2 unspecified atom stereocenters. The summed E-state index contributed by atoms with van der Waals surface area (Å²) in [5.74, 6) is 0.178. The highest BCUT2D eigenvalue weighted by Crippen LogP contribution is 2.33. The Hall–Kier alpha value is 0.150. The van der Waals surface area contributed by atoms with E-state index in [1.807, 2.05) is 6.92 Å². The predicted molar refractivity (Wildman–Crippen MR) is 87.5 cm³/mol. The second-order valence-corrected chi connectivity index (χ2v) is 8.35. The molecule has 1 saturated heterocycles. The van der Waals surface area contributed by atoms with E-state index in [-0.39, 0.29) is 27.0 Å². The molecular weight excluding hydrogens is 401 g/mol. The van der Waals surface area contributed by atoms with Crippen LogP contribution in [-0.2, 0) is 14.8 Å². The van der Waals surface area contributed by atoms with E-state index < -0.39 is 10.0 Å². The van der Waals surface area contributed by atoms with Crippen LogP contribution in [0.25, 0.3) is 0 Å². The van der Waals surface area contributed by atoms with Gasteiger partial charge < -0.3 is 4.74 Å². The van der Waals surface area contributed by atoms with Gasteiger partial charge in [-0.15, -0.1) is 0 Å². The quantitative estimate of drug-likeness (QED) is 0.792. The van der Waals surface area contributed by atoms with Gasteiger partial charge in [0.25, 0.3) is 0 Å². The molecule has 1 N–H and O–H groups in total. The third kappa shape index (κ3) is 4.12. The topological polar surface area (TPSA) is 55.4 Å². The van der Waals surface area contributed by atoms with E-state index >= 15 is 0 Å². The van der Waals surface area contributed by atoms with Gasteiger partial charge in [0.2, 0.25) is 10.0 Å². The molecule has 2 atom stereocenters. The minimum atomic E-state index is -3.75. The highest BCUT2D eigenvalue weighted by Gasteiger charge is 2.29. The molecule has 1 fully saturated rings. The molecule has 0 radical (unpaired) electrons. The van der Waals surface area contributed by atoms with Crippen molar-refractivity contribution in [2.45, 2.75) is 30.8 Å². The van der Waals surface area contributed by atoms with Gasteiger partial charge in [-0.2, -0.15) is 0 Å². The minimum absolute atomic E-state index is 0.0824. The van der Waals surface area contributed by atoms with E-state index in [1.54, 1.807) is 0 Å². The first kappa shape index (κ1) is 17.5. The number of ether oxygens (including phenoxy) is 1. The van der Waals surface area contributed by atoms with Gasteiger partial charge in [-0.05, 0) is 25.0 Å². The Kier molecular flexibility index (Phi) is 5.96. The highest BCUT2D eigenvalue weighted by molar-refractivity contribution is 9.10. The van der Waals surface area contributed by atoms with Crippen LogP contribution < -0.4 is 4.72 Å². The van der Waals surface area contributed by atoms with Gasteiger partial charge in [-0.1, -0.05) is 46.1 Å². The molecule has 0 saturated carbocycles. The molecule has 1 aromatic rings. The molecule has 118 valence electrons. The van der Waals surface area contributed by atoms with Crippen LogP contribution in [0.2, 0.25) is 10.0 Å². The highest BCUT2D eigenvalue weighted by atomic mass is 79.9. The maximum atomic E-state index is 12.4. The molecule has 0 aliphatic carbocycles. The summed E-state index contributed by atoms with van der Waals surface area (Å²) in [6, 6.07) is 3.02. The van der Waals surface area contributed by atoms with Crippen molar-refractivity contribution in [3.63, 3.8) is 0 Å². The van der Waals surface area contributed by atoms with Gasteiger partial charge in [0.15, 0.2) is 0 Å². The van der Waals surface area contributed by atoms with Crippen molar-refractivity contribution >= 4 is 49.2 Å². The number of halogens is 3. The first-order valence-corrected chi connectivity index (χ1v) is 9.64. The third-order valence-electron chi connectivity index (χ3n) is 3.52. The zero-order valence-electron chi connectivity index (χ0n) is 11.4. The summed E-state index contributed by atoms with van der Waals surface area (Å²) in [5.41, 5.74) is 0. The standard InChI is InChI=1S/C13H16BrCl2NO3S/c1-2-12-8(3-4-20-12)7-17-21(18,19)13-10(15)5-9(14)6-11(13)16/h5-6,8,12,17H,2-4,7H2,1H3. The van der Waals surface area contributed by atoms with Crippen molar-refractivity contribution in [1.82, 2.24) is 4.72 Å². The summed E-state index contributed by atoms with van der Waals surface area (Å²) in [6.07, 6.45) is 1.82. The summed E-state index contributed by atoms with van der Waals surface area (Å²) in [4.78, 5) is -0.0824. The fourth-order valence-electron chi connectivity index (χ4n) is 2.45. The number of benzene rings is 1. The van der Waals surface area contributed by atoms with Crippen LogP contribution in [0, 0.1) is 5.92 Å². The third-order valence-corrected chi connectivity index (χ3v) is 6.32. The summed E-state index contributed by atoms with van der Waals surface area (Å²) >= 11 is 15.2. The Morgan fingerprint density at radius 1 is 1.38 bits per heavy atom. The fourth-order valence-corrected chi connectivity index (χ4v) is 5.48. The van der Waals surface area contributed by atoms with Crippen LogP contribution >= 0.6 is 39.1 Å². The first-order chi connectivity index (χ1) is 9.85. The van der Waals surface area contributed by atoms with Crippen molar-refractivity contribution in [2.75, 3.05) is 13.2 Å². The Labute approximate surface area is 143 Å². The number of rotatable bonds is 5. The average Bonchev–Trinajstić information content (AvgIpc) is 2.82. The predicted octanol–water partition coefficient (Wildman–Crippen LogP) is 3.85. The zero-order chi connectivity index (χ0) is 15.6. The molecule has 4 nitrogen and oxygen atoms in total. The van der Waals surface area contributed by atoms with Crippen molar-refractivity contribution in [3.05, 3.63) is 26.7 Å². The van der Waals surface area contributed by atoms with Crippen molar-refractivity contribution in [2.24, 2.45) is 5.92 Å². The largest absolute Gasteiger partial charge is 0.378 e. The molecular formula is C13H16BrCl2NO3S. The lowest BCUT2D eigenvalue weighted by atomic mass is 10.0. The SMILES string of the molecule is CCC1OCCC1CNS(=O)(=O)c1c(Cl)cc(Br)cc1Cl. The Morgan fingerprint density at radius 3 is 2.57 bits per heavy atom. The molecule has 2 rings (SSSR count). The van der Waals surface area contributed by atoms with Crippen LogP contribution in [0.15, 0.2) is 21.5 Å². The lowest BCUT2D eigenvalue weighted by molar-refractivity contribution is 0.0884. The van der Waals surface area contributed by atoms with Crippen molar-refractivity contribution in [1.29, 1.82) is 0 Å². The lowest BCUT2D eigenvalue weighted by Crippen LogP contribution is -2.33. The van der Waals surface area contributed by atoms with Crippen molar-refractivity contribution in [3.8, 4) is 0 Å². The van der Waals surface area contributed by atoms with Gasteiger partial charge in [-0.25, -0.2) is 13.1 Å². The Balaban J connectivity index is 2.16. The summed E-state index contributed by atoms with van der Waals surface area (Å²) in [6.45, 7) is 3.02. The molecule has 8 heteroatoms. The van der Waals surface area contributed by atoms with Crippen LogP contribution in [0.5, 0.6) is 0 Å². The summed E-state index contributed by atoms with van der Waals surface area (Å²) in [5, 5.41) is 0.188. The normalized spacial score (nSPS) is 22.7. The fraction of sp³-hybridized carbons (Fsp3) is 0.538. The van der Waals surface area contributed by atoms with Gasteiger partial charge in [0.1, 0.15) is 4.90 Å². The van der Waals surface area contributed by atoms with Crippen LogP contribution in [0.3, 0.4) is 0 Å². The smallest absolute Gasteiger partial charge is 0.243 e. The van der Waals surface area contributed by atoms with E-state index in [2.05, 4.69) is 20.7 Å². The van der Waals surface area contributed by atoms with Crippen LogP contribution in [0.1, 0.15) is 19.8 Å². The number of hydrogen-bond acceptors (Lipinski definition) is 3. The maximum Gasteiger partial charge on any atom is 0.243 e. The van der Waals surface area contributed by atoms with E-state index in [4.69, 9.17) is 27.9 Å². The monoisotopic (exact) mass is 415 g/mol. The molecule has 1 aromatic carbocycles. The molecule has 1 aliphatic heterocycles. The molecule has 0 spiro atoms. The zero-order valence-corrected chi connectivity index (χ0v) is 15.3. The van der Waals surface area contributed by atoms with Gasteiger partial charge in [0, 0.05) is 23.5 Å². The van der Waals surface area contributed by atoms with E-state index in [0.717, 1.165) is 12.8 Å². The first-order valence-electron chi connectivity index (χ1n) is 6.61. The number of sulfonamides is 1. The second-order valence-electron chi connectivity index (χ2n) is 4.92. The molecule has 21 heavy (non-hydrogen) atoms.